The molecule has 160 valence electrons. The van der Waals surface area contributed by atoms with Crippen molar-refractivity contribution in [2.24, 2.45) is 0 Å². The van der Waals surface area contributed by atoms with Gasteiger partial charge in [0.1, 0.15) is 6.61 Å². The minimum Gasteiger partial charge on any atom is -0.493 e. The quantitative estimate of drug-likeness (QED) is 0.185. The Morgan fingerprint density at radius 1 is 1.23 bits per heavy atom. The van der Waals surface area contributed by atoms with Gasteiger partial charge in [0, 0.05) is 22.6 Å². The van der Waals surface area contributed by atoms with Gasteiger partial charge in [-0.3, -0.25) is 4.79 Å². The van der Waals surface area contributed by atoms with Gasteiger partial charge in [0.2, 0.25) is 0 Å². The lowest BCUT2D eigenvalue weighted by molar-refractivity contribution is -0.133. The lowest BCUT2D eigenvalue weighted by Crippen LogP contribution is -2.32. The van der Waals surface area contributed by atoms with Gasteiger partial charge in [-0.05, 0) is 48.2 Å². The minimum absolute atomic E-state index is 0.174. The van der Waals surface area contributed by atoms with E-state index in [-0.39, 0.29) is 12.5 Å². The summed E-state index contributed by atoms with van der Waals surface area (Å²) in [4.78, 5) is 12.8. The second kappa shape index (κ2) is 13.4. The summed E-state index contributed by atoms with van der Waals surface area (Å²) in [7, 11) is 1.58. The van der Waals surface area contributed by atoms with E-state index in [2.05, 4.69) is 33.8 Å². The second-order valence-electron chi connectivity index (χ2n) is 6.36. The molecule has 0 heterocycles. The molecule has 0 aliphatic carbocycles. The number of hydrogen-bond acceptors (Lipinski definition) is 4. The van der Waals surface area contributed by atoms with Gasteiger partial charge in [-0.15, -0.1) is 6.42 Å². The van der Waals surface area contributed by atoms with E-state index in [0.29, 0.717) is 36.1 Å². The number of amides is 1. The van der Waals surface area contributed by atoms with Crippen LogP contribution in [0.4, 0.5) is 0 Å². The summed E-state index contributed by atoms with van der Waals surface area (Å²) in [5.41, 5.74) is 1.79. The van der Waals surface area contributed by atoms with Gasteiger partial charge in [0.15, 0.2) is 17.6 Å². The van der Waals surface area contributed by atoms with Crippen molar-refractivity contribution in [3.63, 3.8) is 0 Å². The van der Waals surface area contributed by atoms with Gasteiger partial charge in [0.05, 0.1) is 7.11 Å². The fraction of sp³-hybridized carbons (Fsp3) is 0.348. The molecule has 0 radical (unpaired) electrons. The van der Waals surface area contributed by atoms with Crippen LogP contribution in [0.3, 0.4) is 0 Å². The van der Waals surface area contributed by atoms with E-state index >= 15 is 0 Å². The van der Waals surface area contributed by atoms with Gasteiger partial charge in [-0.25, -0.2) is 0 Å². The van der Waals surface area contributed by atoms with Crippen LogP contribution < -0.4 is 14.8 Å². The number of methoxy groups -OCH3 is 1. The summed E-state index contributed by atoms with van der Waals surface area (Å²) in [6, 6.07) is 12.8. The molecular weight excluding hydrogens is 517 g/mol. The molecule has 1 unspecified atom stereocenters. The number of rotatable bonds is 12. The van der Waals surface area contributed by atoms with Crippen molar-refractivity contribution in [3.8, 4) is 23.8 Å². The Morgan fingerprint density at radius 2 is 2.00 bits per heavy atom. The number of benzene rings is 2. The number of alkyl halides is 1. The predicted octanol–water partition coefficient (Wildman–Crippen LogP) is 4.60. The highest BCUT2D eigenvalue weighted by atomic mass is 127. The molecule has 2 aromatic rings. The maximum Gasteiger partial charge on any atom is 0.253 e. The minimum atomic E-state index is -0.667. The monoisotopic (exact) mass is 541 g/mol. The molecule has 0 aromatic heterocycles. The Labute approximate surface area is 196 Å². The number of carbonyl (C=O) groups excluding carboxylic acids is 1. The highest BCUT2D eigenvalue weighted by Gasteiger charge is 2.21. The van der Waals surface area contributed by atoms with Crippen molar-refractivity contribution in [1.82, 2.24) is 5.32 Å². The SMILES string of the molecule is C#CCOc1ccc(CCNC(=O)C(OCCCI)c2ccc(Cl)cc2)cc1OC. The first-order valence-corrected chi connectivity index (χ1v) is 11.4. The third-order valence-electron chi connectivity index (χ3n) is 4.23. The number of carbonyl (C=O) groups is 1. The van der Waals surface area contributed by atoms with Crippen molar-refractivity contribution in [2.75, 3.05) is 31.3 Å². The average Bonchev–Trinajstić information content (AvgIpc) is 2.76. The topological polar surface area (TPSA) is 56.8 Å². The van der Waals surface area contributed by atoms with Gasteiger partial charge in [0.25, 0.3) is 5.91 Å². The van der Waals surface area contributed by atoms with Crippen molar-refractivity contribution < 1.29 is 19.0 Å². The van der Waals surface area contributed by atoms with Crippen molar-refractivity contribution >= 4 is 40.1 Å². The smallest absolute Gasteiger partial charge is 0.253 e. The highest BCUT2D eigenvalue weighted by molar-refractivity contribution is 14.1. The summed E-state index contributed by atoms with van der Waals surface area (Å²) in [5, 5.41) is 3.58. The van der Waals surface area contributed by atoms with E-state index in [0.717, 1.165) is 22.0 Å². The largest absolute Gasteiger partial charge is 0.493 e. The van der Waals surface area contributed by atoms with E-state index < -0.39 is 6.10 Å². The Hall–Kier alpha value is -1.95. The van der Waals surface area contributed by atoms with Gasteiger partial charge < -0.3 is 19.5 Å². The zero-order valence-corrected chi connectivity index (χ0v) is 19.7. The third kappa shape index (κ3) is 7.71. The lowest BCUT2D eigenvalue weighted by Gasteiger charge is -2.18. The van der Waals surface area contributed by atoms with Crippen LogP contribution >= 0.6 is 34.2 Å². The van der Waals surface area contributed by atoms with E-state index in [9.17, 15) is 4.79 Å². The molecule has 0 bridgehead atoms. The van der Waals surface area contributed by atoms with Crippen molar-refractivity contribution in [3.05, 3.63) is 58.6 Å². The van der Waals surface area contributed by atoms with Crippen LogP contribution in [-0.4, -0.2) is 37.2 Å². The summed E-state index contributed by atoms with van der Waals surface area (Å²) < 4.78 is 17.6. The number of ether oxygens (including phenoxy) is 3. The van der Waals surface area contributed by atoms with Crippen LogP contribution in [0.1, 0.15) is 23.7 Å². The van der Waals surface area contributed by atoms with Gasteiger partial charge >= 0.3 is 0 Å². The van der Waals surface area contributed by atoms with E-state index in [1.165, 1.54) is 0 Å². The Kier molecular flexibility index (Phi) is 10.8. The molecule has 30 heavy (non-hydrogen) atoms. The normalized spacial score (nSPS) is 11.4. The van der Waals surface area contributed by atoms with Crippen LogP contribution in [0, 0.1) is 12.3 Å². The van der Waals surface area contributed by atoms with Gasteiger partial charge in [-0.1, -0.05) is 58.3 Å². The van der Waals surface area contributed by atoms with Gasteiger partial charge in [-0.2, -0.15) is 0 Å². The van der Waals surface area contributed by atoms with Crippen molar-refractivity contribution in [2.45, 2.75) is 18.9 Å². The average molecular weight is 542 g/mol. The first kappa shape index (κ1) is 24.3. The number of halogens is 2. The number of terminal acetylenes is 1. The maximum absolute atomic E-state index is 12.8. The molecule has 0 aliphatic heterocycles. The summed E-state index contributed by atoms with van der Waals surface area (Å²) in [5.74, 6) is 3.45. The highest BCUT2D eigenvalue weighted by Crippen LogP contribution is 2.28. The first-order valence-electron chi connectivity index (χ1n) is 9.53. The Balaban J connectivity index is 1.97. The second-order valence-corrected chi connectivity index (χ2v) is 7.88. The molecule has 0 saturated heterocycles. The zero-order chi connectivity index (χ0) is 21.8. The molecule has 1 amide bonds. The Bertz CT molecular complexity index is 851. The van der Waals surface area contributed by atoms with E-state index in [1.54, 1.807) is 19.2 Å². The summed E-state index contributed by atoms with van der Waals surface area (Å²) in [6.45, 7) is 1.15. The van der Waals surface area contributed by atoms with Crippen LogP contribution in [0.2, 0.25) is 5.02 Å². The predicted molar refractivity (Wildman–Crippen MR) is 128 cm³/mol. The summed E-state index contributed by atoms with van der Waals surface area (Å²) in [6.07, 6.45) is 6.08. The molecule has 2 rings (SSSR count). The molecule has 5 nitrogen and oxygen atoms in total. The zero-order valence-electron chi connectivity index (χ0n) is 16.8. The van der Waals surface area contributed by atoms with Crippen molar-refractivity contribution in [1.29, 1.82) is 0 Å². The fourth-order valence-electron chi connectivity index (χ4n) is 2.75. The van der Waals surface area contributed by atoms with Crippen LogP contribution in [0.15, 0.2) is 42.5 Å². The molecule has 2 aromatic carbocycles. The lowest BCUT2D eigenvalue weighted by atomic mass is 10.1. The fourth-order valence-corrected chi connectivity index (χ4v) is 3.18. The van der Waals surface area contributed by atoms with E-state index in [1.807, 2.05) is 30.3 Å². The van der Waals surface area contributed by atoms with Crippen LogP contribution in [0.5, 0.6) is 11.5 Å². The summed E-state index contributed by atoms with van der Waals surface area (Å²) >= 11 is 8.25. The molecule has 0 spiro atoms. The Morgan fingerprint density at radius 3 is 2.67 bits per heavy atom. The molecule has 7 heteroatoms. The third-order valence-corrected chi connectivity index (χ3v) is 5.24. The standard InChI is InChI=1S/C23H25ClINO4/c1-3-14-29-20-10-5-17(16-21(20)28-2)11-13-26-23(27)22(30-15-4-12-25)18-6-8-19(24)9-7-18/h1,5-10,16,22H,4,11-15H2,2H3,(H,26,27). The molecule has 1 N–H and O–H groups in total. The molecule has 0 saturated carbocycles. The first-order chi connectivity index (χ1) is 14.6. The molecule has 1 atom stereocenters. The van der Waals surface area contributed by atoms with Crippen LogP contribution in [-0.2, 0) is 16.0 Å². The molecular formula is C23H25ClINO4. The number of nitrogens with one attached hydrogen (secondary N) is 1. The molecule has 0 aliphatic rings. The van der Waals surface area contributed by atoms with Crippen LogP contribution in [0.25, 0.3) is 0 Å². The molecule has 0 fully saturated rings. The van der Waals surface area contributed by atoms with E-state index in [4.69, 9.17) is 32.2 Å². The number of hydrogen-bond donors (Lipinski definition) is 1. The maximum atomic E-state index is 12.8.